The van der Waals surface area contributed by atoms with E-state index in [2.05, 4.69) is 20.8 Å². The molecule has 200 valence electrons. The van der Waals surface area contributed by atoms with Gasteiger partial charge in [0.2, 0.25) is 0 Å². The summed E-state index contributed by atoms with van der Waals surface area (Å²) in [7, 11) is 0. The second-order valence-electron chi connectivity index (χ2n) is 13.5. The minimum atomic E-state index is -1.05. The SMILES string of the molecule is CC(=CC(O)CC(C)C1CC(O)[C@]2(C)C3=C(C(=O)CC12C)C1(C)CCC(=O)C(C)(C)C1CC3)C(=O)O. The molecule has 6 heteroatoms. The van der Waals surface area contributed by atoms with Crippen molar-refractivity contribution in [1.82, 2.24) is 0 Å². The van der Waals surface area contributed by atoms with Crippen LogP contribution in [-0.4, -0.2) is 45.1 Å². The number of carbonyl (C=O) groups is 3. The highest BCUT2D eigenvalue weighted by atomic mass is 16.4. The number of hydrogen-bond donors (Lipinski definition) is 3. The number of rotatable bonds is 5. The van der Waals surface area contributed by atoms with Crippen LogP contribution in [-0.2, 0) is 14.4 Å². The van der Waals surface area contributed by atoms with Crippen molar-refractivity contribution in [3.8, 4) is 0 Å². The van der Waals surface area contributed by atoms with Crippen LogP contribution < -0.4 is 0 Å². The smallest absolute Gasteiger partial charge is 0.331 e. The predicted molar refractivity (Wildman–Crippen MR) is 137 cm³/mol. The molecule has 2 saturated carbocycles. The lowest BCUT2D eigenvalue weighted by Gasteiger charge is -2.60. The number of Topliss-reactive ketones (excluding diaryl/α,β-unsaturated/α-hetero) is 2. The van der Waals surface area contributed by atoms with Gasteiger partial charge in [-0.1, -0.05) is 47.1 Å². The summed E-state index contributed by atoms with van der Waals surface area (Å²) in [6.07, 6.45) is 3.92. The van der Waals surface area contributed by atoms with Gasteiger partial charge in [0, 0.05) is 40.2 Å². The normalized spacial score (nSPS) is 41.9. The minimum absolute atomic E-state index is 0.00701. The molecule has 0 aromatic carbocycles. The van der Waals surface area contributed by atoms with Crippen LogP contribution >= 0.6 is 0 Å². The van der Waals surface area contributed by atoms with Gasteiger partial charge in [0.1, 0.15) is 5.78 Å². The summed E-state index contributed by atoms with van der Waals surface area (Å²) in [6, 6.07) is 0. The first-order chi connectivity index (χ1) is 16.5. The molecule has 3 N–H and O–H groups in total. The van der Waals surface area contributed by atoms with E-state index in [1.807, 2.05) is 20.8 Å². The number of carbonyl (C=O) groups excluding carboxylic acids is 2. The number of fused-ring (bicyclic) bond motifs is 4. The molecule has 8 atom stereocenters. The van der Waals surface area contributed by atoms with Crippen molar-refractivity contribution in [2.24, 2.45) is 39.4 Å². The molecule has 36 heavy (non-hydrogen) atoms. The first-order valence-electron chi connectivity index (χ1n) is 13.6. The number of allylic oxidation sites excluding steroid dienone is 1. The fraction of sp³-hybridized carbons (Fsp3) is 0.767. The Hall–Kier alpha value is -1.79. The molecule has 7 unspecified atom stereocenters. The van der Waals surface area contributed by atoms with Crippen LogP contribution in [0.3, 0.4) is 0 Å². The van der Waals surface area contributed by atoms with Crippen LogP contribution in [0.15, 0.2) is 22.8 Å². The van der Waals surface area contributed by atoms with E-state index in [-0.39, 0.29) is 40.3 Å². The standard InChI is InChI=1S/C30H44O6/c1-16(12-18(31)13-17(2)26(35)36)20-14-24(34)30(7)19-8-9-22-27(3,4)23(33)10-11-28(22,5)25(19)21(32)15-29(20,30)6/h13,16,18,20,22,24,31,34H,8-12,14-15H2,1-7H3,(H,35,36)/t16?,18?,20?,22?,24?,28?,29?,30-/m0/s1. The third-order valence-electron chi connectivity index (χ3n) is 11.4. The Balaban J connectivity index is 1.72. The largest absolute Gasteiger partial charge is 0.478 e. The molecule has 0 aliphatic heterocycles. The Labute approximate surface area is 215 Å². The molecule has 0 amide bonds. The predicted octanol–water partition coefficient (Wildman–Crippen LogP) is 4.87. The molecule has 0 spiro atoms. The molecule has 0 heterocycles. The van der Waals surface area contributed by atoms with E-state index >= 15 is 0 Å². The highest BCUT2D eigenvalue weighted by Gasteiger charge is 2.68. The van der Waals surface area contributed by atoms with Crippen LogP contribution in [0.5, 0.6) is 0 Å². The minimum Gasteiger partial charge on any atom is -0.478 e. The van der Waals surface area contributed by atoms with Gasteiger partial charge in [-0.2, -0.15) is 0 Å². The maximum atomic E-state index is 14.0. The Kier molecular flexibility index (Phi) is 6.53. The molecule has 4 aliphatic carbocycles. The van der Waals surface area contributed by atoms with E-state index in [1.165, 1.54) is 13.0 Å². The average Bonchev–Trinajstić information content (AvgIpc) is 2.97. The van der Waals surface area contributed by atoms with Crippen molar-refractivity contribution in [1.29, 1.82) is 0 Å². The van der Waals surface area contributed by atoms with Crippen LogP contribution in [0.25, 0.3) is 0 Å². The van der Waals surface area contributed by atoms with Gasteiger partial charge in [-0.25, -0.2) is 4.79 Å². The summed E-state index contributed by atoms with van der Waals surface area (Å²) >= 11 is 0. The highest BCUT2D eigenvalue weighted by Crippen LogP contribution is 2.71. The molecule has 0 radical (unpaired) electrons. The second-order valence-corrected chi connectivity index (χ2v) is 13.5. The summed E-state index contributed by atoms with van der Waals surface area (Å²) in [5.41, 5.74) is 0.282. The molecule has 4 rings (SSSR count). The Morgan fingerprint density at radius 2 is 1.78 bits per heavy atom. The zero-order chi connectivity index (χ0) is 27.0. The van der Waals surface area contributed by atoms with E-state index in [0.29, 0.717) is 32.1 Å². The zero-order valence-electron chi connectivity index (χ0n) is 23.0. The monoisotopic (exact) mass is 500 g/mol. The van der Waals surface area contributed by atoms with Gasteiger partial charge in [0.15, 0.2) is 5.78 Å². The van der Waals surface area contributed by atoms with E-state index in [4.69, 9.17) is 5.11 Å². The van der Waals surface area contributed by atoms with Gasteiger partial charge in [0.05, 0.1) is 12.2 Å². The summed E-state index contributed by atoms with van der Waals surface area (Å²) in [5, 5.41) is 31.4. The molecule has 0 aromatic rings. The van der Waals surface area contributed by atoms with E-state index < -0.39 is 34.4 Å². The first kappa shape index (κ1) is 27.3. The number of hydrogen-bond acceptors (Lipinski definition) is 5. The fourth-order valence-electron chi connectivity index (χ4n) is 9.22. The maximum Gasteiger partial charge on any atom is 0.331 e. The van der Waals surface area contributed by atoms with Crippen molar-refractivity contribution in [2.45, 2.75) is 106 Å². The Morgan fingerprint density at radius 1 is 1.14 bits per heavy atom. The number of carboxylic acid groups (broad SMARTS) is 1. The van der Waals surface area contributed by atoms with Crippen molar-refractivity contribution in [3.05, 3.63) is 22.8 Å². The summed E-state index contributed by atoms with van der Waals surface area (Å²) in [5.74, 6) is -0.475. The number of aliphatic hydroxyl groups excluding tert-OH is 2. The van der Waals surface area contributed by atoms with Crippen molar-refractivity contribution in [3.63, 3.8) is 0 Å². The lowest BCUT2D eigenvalue weighted by atomic mass is 9.43. The third kappa shape index (κ3) is 3.61. The number of aliphatic carboxylic acids is 1. The second kappa shape index (κ2) is 8.62. The van der Waals surface area contributed by atoms with Crippen LogP contribution in [0.1, 0.15) is 93.4 Å². The number of aliphatic hydroxyl groups is 2. The Bertz CT molecular complexity index is 1050. The topological polar surface area (TPSA) is 112 Å². The van der Waals surface area contributed by atoms with Crippen molar-refractivity contribution >= 4 is 17.5 Å². The fourth-order valence-corrected chi connectivity index (χ4v) is 9.22. The van der Waals surface area contributed by atoms with E-state index in [1.54, 1.807) is 0 Å². The molecule has 2 fully saturated rings. The molecular formula is C30H44O6. The van der Waals surface area contributed by atoms with Gasteiger partial charge < -0.3 is 15.3 Å². The molecule has 0 aromatic heterocycles. The summed E-state index contributed by atoms with van der Waals surface area (Å²) in [4.78, 5) is 38.0. The van der Waals surface area contributed by atoms with Gasteiger partial charge in [-0.05, 0) is 68.3 Å². The van der Waals surface area contributed by atoms with Gasteiger partial charge in [-0.15, -0.1) is 0 Å². The maximum absolute atomic E-state index is 14.0. The number of carboxylic acids is 1. The number of ketones is 2. The quantitative estimate of drug-likeness (QED) is 0.464. The Morgan fingerprint density at radius 3 is 2.39 bits per heavy atom. The van der Waals surface area contributed by atoms with E-state index in [9.17, 15) is 24.6 Å². The summed E-state index contributed by atoms with van der Waals surface area (Å²) < 4.78 is 0. The van der Waals surface area contributed by atoms with Crippen LogP contribution in [0.2, 0.25) is 0 Å². The first-order valence-corrected chi connectivity index (χ1v) is 13.6. The zero-order valence-corrected chi connectivity index (χ0v) is 23.0. The van der Waals surface area contributed by atoms with Gasteiger partial charge >= 0.3 is 5.97 Å². The lowest BCUT2D eigenvalue weighted by Crippen LogP contribution is -2.57. The molecule has 4 aliphatic rings. The molecule has 6 nitrogen and oxygen atoms in total. The van der Waals surface area contributed by atoms with E-state index in [0.717, 1.165) is 24.0 Å². The third-order valence-corrected chi connectivity index (χ3v) is 11.4. The molecule has 0 bridgehead atoms. The average molecular weight is 501 g/mol. The molecular weight excluding hydrogens is 456 g/mol. The van der Waals surface area contributed by atoms with Gasteiger partial charge in [0.25, 0.3) is 0 Å². The van der Waals surface area contributed by atoms with Crippen LogP contribution in [0.4, 0.5) is 0 Å². The highest BCUT2D eigenvalue weighted by molar-refractivity contribution is 6.00. The molecule has 0 saturated heterocycles. The van der Waals surface area contributed by atoms with Crippen LogP contribution in [0, 0.1) is 39.4 Å². The van der Waals surface area contributed by atoms with Crippen molar-refractivity contribution in [2.75, 3.05) is 0 Å². The summed E-state index contributed by atoms with van der Waals surface area (Å²) in [6.45, 7) is 14.0. The van der Waals surface area contributed by atoms with Crippen molar-refractivity contribution < 1.29 is 29.7 Å². The van der Waals surface area contributed by atoms with Gasteiger partial charge in [-0.3, -0.25) is 9.59 Å². The lowest BCUT2D eigenvalue weighted by molar-refractivity contribution is -0.143.